The number of aliphatic hydroxyl groups is 1. The van der Waals surface area contributed by atoms with Crippen LogP contribution in [0.15, 0.2) is 18.2 Å². The third kappa shape index (κ3) is 2.37. The van der Waals surface area contributed by atoms with Gasteiger partial charge in [0, 0.05) is 6.61 Å². The second-order valence-corrected chi connectivity index (χ2v) is 2.87. The maximum absolute atomic E-state index is 9.23. The van der Waals surface area contributed by atoms with E-state index in [4.69, 9.17) is 14.9 Å². The van der Waals surface area contributed by atoms with Gasteiger partial charge in [0.05, 0.1) is 6.61 Å². The van der Waals surface area contributed by atoms with Crippen molar-refractivity contribution in [3.05, 3.63) is 23.8 Å². The van der Waals surface area contributed by atoms with Crippen LogP contribution >= 0.6 is 0 Å². The Hall–Kier alpha value is -1.26. The van der Waals surface area contributed by atoms with E-state index in [1.165, 1.54) is 12.1 Å². The van der Waals surface area contributed by atoms with Crippen LogP contribution in [0.3, 0.4) is 0 Å². The van der Waals surface area contributed by atoms with Gasteiger partial charge in [-0.1, -0.05) is 6.07 Å². The van der Waals surface area contributed by atoms with Crippen molar-refractivity contribution in [2.75, 3.05) is 13.2 Å². The summed E-state index contributed by atoms with van der Waals surface area (Å²) in [7, 11) is 0. The zero-order valence-corrected chi connectivity index (χ0v) is 7.97. The van der Waals surface area contributed by atoms with Gasteiger partial charge in [-0.05, 0) is 24.6 Å². The van der Waals surface area contributed by atoms with Crippen molar-refractivity contribution < 1.29 is 20.1 Å². The summed E-state index contributed by atoms with van der Waals surface area (Å²) in [6.07, 6.45) is -0.452. The fourth-order valence-electron chi connectivity index (χ4n) is 1.20. The first-order valence-corrected chi connectivity index (χ1v) is 4.43. The van der Waals surface area contributed by atoms with Gasteiger partial charge in [-0.3, -0.25) is 0 Å². The predicted octanol–water partition coefficient (Wildman–Crippen LogP) is 1.17. The summed E-state index contributed by atoms with van der Waals surface area (Å²) in [5.74, 6) is -0.386. The van der Waals surface area contributed by atoms with Crippen molar-refractivity contribution in [3.8, 4) is 11.5 Å². The van der Waals surface area contributed by atoms with E-state index in [0.717, 1.165) is 0 Å². The molecule has 0 bridgehead atoms. The molecule has 0 aliphatic rings. The van der Waals surface area contributed by atoms with E-state index in [-0.39, 0.29) is 18.1 Å². The van der Waals surface area contributed by atoms with E-state index in [1.54, 1.807) is 6.07 Å². The maximum Gasteiger partial charge on any atom is 0.157 e. The van der Waals surface area contributed by atoms with E-state index in [9.17, 15) is 5.11 Å². The Bertz CT molecular complexity index is 298. The fraction of sp³-hybridized carbons (Fsp3) is 0.400. The lowest BCUT2D eigenvalue weighted by molar-refractivity contribution is 0.0188. The van der Waals surface area contributed by atoms with Gasteiger partial charge >= 0.3 is 0 Å². The summed E-state index contributed by atoms with van der Waals surface area (Å²) in [6, 6.07) is 4.35. The van der Waals surface area contributed by atoms with Crippen LogP contribution in [-0.2, 0) is 4.74 Å². The monoisotopic (exact) mass is 198 g/mol. The fourth-order valence-corrected chi connectivity index (χ4v) is 1.20. The van der Waals surface area contributed by atoms with E-state index < -0.39 is 6.10 Å². The molecule has 0 spiro atoms. The first kappa shape index (κ1) is 10.8. The lowest BCUT2D eigenvalue weighted by atomic mass is 10.1. The molecular weight excluding hydrogens is 184 g/mol. The van der Waals surface area contributed by atoms with Crippen LogP contribution in [0.2, 0.25) is 0 Å². The molecule has 78 valence electrons. The van der Waals surface area contributed by atoms with Gasteiger partial charge in [0.2, 0.25) is 0 Å². The van der Waals surface area contributed by atoms with Crippen LogP contribution in [0, 0.1) is 0 Å². The SMILES string of the molecule is CCOC(CO)c1ccc(O)c(O)c1. The van der Waals surface area contributed by atoms with E-state index in [1.807, 2.05) is 6.92 Å². The minimum Gasteiger partial charge on any atom is -0.504 e. The molecule has 0 radical (unpaired) electrons. The molecule has 0 saturated carbocycles. The van der Waals surface area contributed by atoms with Crippen LogP contribution in [0.1, 0.15) is 18.6 Å². The Morgan fingerprint density at radius 3 is 2.50 bits per heavy atom. The van der Waals surface area contributed by atoms with Crippen LogP contribution < -0.4 is 0 Å². The molecule has 1 unspecified atom stereocenters. The minimum absolute atomic E-state index is 0.155. The number of phenols is 2. The minimum atomic E-state index is -0.452. The van der Waals surface area contributed by atoms with Crippen molar-refractivity contribution in [2.24, 2.45) is 0 Å². The molecule has 0 heterocycles. The van der Waals surface area contributed by atoms with E-state index in [2.05, 4.69) is 0 Å². The van der Waals surface area contributed by atoms with Crippen molar-refractivity contribution in [3.63, 3.8) is 0 Å². The number of phenolic OH excluding ortho intramolecular Hbond substituents is 2. The van der Waals surface area contributed by atoms with Gasteiger partial charge in [0.1, 0.15) is 6.10 Å². The van der Waals surface area contributed by atoms with Crippen LogP contribution in [0.25, 0.3) is 0 Å². The van der Waals surface area contributed by atoms with Crippen molar-refractivity contribution in [2.45, 2.75) is 13.0 Å². The molecular formula is C10H14O4. The number of hydrogen-bond acceptors (Lipinski definition) is 4. The lowest BCUT2D eigenvalue weighted by Crippen LogP contribution is -2.08. The summed E-state index contributed by atoms with van der Waals surface area (Å²) in [6.45, 7) is 2.15. The highest BCUT2D eigenvalue weighted by Crippen LogP contribution is 2.28. The summed E-state index contributed by atoms with van der Waals surface area (Å²) >= 11 is 0. The number of aliphatic hydroxyl groups excluding tert-OH is 1. The second kappa shape index (κ2) is 4.83. The predicted molar refractivity (Wildman–Crippen MR) is 51.2 cm³/mol. The summed E-state index contributed by atoms with van der Waals surface area (Å²) in [4.78, 5) is 0. The third-order valence-electron chi connectivity index (χ3n) is 1.90. The normalized spacial score (nSPS) is 12.7. The molecule has 1 rings (SSSR count). The van der Waals surface area contributed by atoms with Gasteiger partial charge in [0.25, 0.3) is 0 Å². The Morgan fingerprint density at radius 2 is 2.00 bits per heavy atom. The number of benzene rings is 1. The molecule has 1 aromatic rings. The first-order valence-electron chi connectivity index (χ1n) is 4.43. The van der Waals surface area contributed by atoms with Crippen molar-refractivity contribution >= 4 is 0 Å². The highest BCUT2D eigenvalue weighted by atomic mass is 16.5. The van der Waals surface area contributed by atoms with Crippen LogP contribution in [-0.4, -0.2) is 28.5 Å². The number of ether oxygens (including phenoxy) is 1. The molecule has 0 aromatic heterocycles. The highest BCUT2D eigenvalue weighted by Gasteiger charge is 2.11. The molecule has 14 heavy (non-hydrogen) atoms. The average molecular weight is 198 g/mol. The van der Waals surface area contributed by atoms with Gasteiger partial charge in [-0.25, -0.2) is 0 Å². The van der Waals surface area contributed by atoms with E-state index >= 15 is 0 Å². The molecule has 4 heteroatoms. The molecule has 1 atom stereocenters. The third-order valence-corrected chi connectivity index (χ3v) is 1.90. The smallest absolute Gasteiger partial charge is 0.157 e. The maximum atomic E-state index is 9.23. The molecule has 4 nitrogen and oxygen atoms in total. The molecule has 0 aliphatic carbocycles. The van der Waals surface area contributed by atoms with Gasteiger partial charge < -0.3 is 20.1 Å². The second-order valence-electron chi connectivity index (χ2n) is 2.87. The zero-order chi connectivity index (χ0) is 10.6. The van der Waals surface area contributed by atoms with Gasteiger partial charge in [-0.15, -0.1) is 0 Å². The van der Waals surface area contributed by atoms with Crippen LogP contribution in [0.4, 0.5) is 0 Å². The molecule has 0 fully saturated rings. The number of hydrogen-bond donors (Lipinski definition) is 3. The van der Waals surface area contributed by atoms with Crippen molar-refractivity contribution in [1.29, 1.82) is 0 Å². The first-order chi connectivity index (χ1) is 6.69. The van der Waals surface area contributed by atoms with Gasteiger partial charge in [-0.2, -0.15) is 0 Å². The van der Waals surface area contributed by atoms with Crippen molar-refractivity contribution in [1.82, 2.24) is 0 Å². The molecule has 0 aliphatic heterocycles. The quantitative estimate of drug-likeness (QED) is 0.635. The Kier molecular flexibility index (Phi) is 3.73. The Labute approximate surface area is 82.4 Å². The molecule has 3 N–H and O–H groups in total. The van der Waals surface area contributed by atoms with Gasteiger partial charge in [0.15, 0.2) is 11.5 Å². The van der Waals surface area contributed by atoms with Crippen LogP contribution in [0.5, 0.6) is 11.5 Å². The Balaban J connectivity index is 2.88. The number of rotatable bonds is 4. The average Bonchev–Trinajstić information content (AvgIpc) is 2.19. The molecule has 0 saturated heterocycles. The summed E-state index contributed by atoms with van der Waals surface area (Å²) < 4.78 is 5.23. The topological polar surface area (TPSA) is 69.9 Å². The zero-order valence-electron chi connectivity index (χ0n) is 7.97. The molecule has 0 amide bonds. The van der Waals surface area contributed by atoms with E-state index in [0.29, 0.717) is 12.2 Å². The summed E-state index contributed by atoms with van der Waals surface area (Å²) in [5, 5.41) is 27.3. The number of aromatic hydroxyl groups is 2. The Morgan fingerprint density at radius 1 is 1.29 bits per heavy atom. The standard InChI is InChI=1S/C10H14O4/c1-2-14-10(6-11)7-3-4-8(12)9(13)5-7/h3-5,10-13H,2,6H2,1H3. The highest BCUT2D eigenvalue weighted by molar-refractivity contribution is 5.41. The molecule has 1 aromatic carbocycles. The lowest BCUT2D eigenvalue weighted by Gasteiger charge is -2.14. The largest absolute Gasteiger partial charge is 0.504 e. The summed E-state index contributed by atoms with van der Waals surface area (Å²) in [5.41, 5.74) is 0.643.